The van der Waals surface area contributed by atoms with Crippen molar-refractivity contribution in [3.63, 3.8) is 0 Å². The normalized spacial score (nSPS) is 15.1. The Balaban J connectivity index is 1.86. The Morgan fingerprint density at radius 1 is 1.14 bits per heavy atom. The SMILES string of the molecule is CCOC(=O)C1=C(C)N=c2s/c(=C\c3ccc(OCC#N)c(OCC)c3)c(=O)n2[C@H]1c1ccccc1. The second-order valence-corrected chi connectivity index (χ2v) is 8.81. The summed E-state index contributed by atoms with van der Waals surface area (Å²) in [6, 6.07) is 15.9. The Kier molecular flexibility index (Phi) is 7.66. The van der Waals surface area contributed by atoms with Crippen LogP contribution in [-0.2, 0) is 9.53 Å². The zero-order chi connectivity index (χ0) is 25.7. The molecule has 36 heavy (non-hydrogen) atoms. The Bertz CT molecular complexity index is 1530. The topological polar surface area (TPSA) is 103 Å². The summed E-state index contributed by atoms with van der Waals surface area (Å²) in [7, 11) is 0. The van der Waals surface area contributed by atoms with E-state index in [4.69, 9.17) is 19.5 Å². The van der Waals surface area contributed by atoms with Gasteiger partial charge in [-0.25, -0.2) is 9.79 Å². The predicted octanol–water partition coefficient (Wildman–Crippen LogP) is 3.10. The van der Waals surface area contributed by atoms with Crippen LogP contribution >= 0.6 is 11.3 Å². The molecule has 0 unspecified atom stereocenters. The highest BCUT2D eigenvalue weighted by atomic mass is 32.1. The van der Waals surface area contributed by atoms with Gasteiger partial charge in [-0.05, 0) is 50.1 Å². The molecule has 0 N–H and O–H groups in total. The highest BCUT2D eigenvalue weighted by molar-refractivity contribution is 7.07. The van der Waals surface area contributed by atoms with Gasteiger partial charge in [-0.1, -0.05) is 47.7 Å². The lowest BCUT2D eigenvalue weighted by molar-refractivity contribution is -0.139. The zero-order valence-corrected chi connectivity index (χ0v) is 21.0. The molecule has 0 radical (unpaired) electrons. The number of rotatable bonds is 8. The van der Waals surface area contributed by atoms with Crippen LogP contribution in [-0.4, -0.2) is 30.4 Å². The number of benzene rings is 2. The molecular weight excluding hydrogens is 478 g/mol. The number of hydrogen-bond acceptors (Lipinski definition) is 8. The molecule has 8 nitrogen and oxygen atoms in total. The van der Waals surface area contributed by atoms with Gasteiger partial charge in [0.15, 0.2) is 22.9 Å². The van der Waals surface area contributed by atoms with Gasteiger partial charge in [-0.3, -0.25) is 9.36 Å². The summed E-state index contributed by atoms with van der Waals surface area (Å²) in [4.78, 5) is 31.7. The fraction of sp³-hybridized carbons (Fsp3) is 0.259. The number of esters is 1. The third-order valence-electron chi connectivity index (χ3n) is 5.49. The lowest BCUT2D eigenvalue weighted by atomic mass is 9.96. The lowest BCUT2D eigenvalue weighted by Crippen LogP contribution is -2.39. The molecule has 0 amide bonds. The maximum absolute atomic E-state index is 13.7. The van der Waals surface area contributed by atoms with Crippen LogP contribution in [0.15, 0.2) is 69.6 Å². The monoisotopic (exact) mass is 503 g/mol. The minimum atomic E-state index is -0.649. The fourth-order valence-corrected chi connectivity index (χ4v) is 5.05. The number of aromatic nitrogens is 1. The first-order chi connectivity index (χ1) is 17.5. The molecule has 1 aromatic heterocycles. The average molecular weight is 504 g/mol. The smallest absolute Gasteiger partial charge is 0.338 e. The molecule has 0 spiro atoms. The van der Waals surface area contributed by atoms with Crippen LogP contribution < -0.4 is 24.4 Å². The summed E-state index contributed by atoms with van der Waals surface area (Å²) in [5, 5.41) is 8.81. The van der Waals surface area contributed by atoms with Crippen LogP contribution in [0.2, 0.25) is 0 Å². The van der Waals surface area contributed by atoms with E-state index in [1.165, 1.54) is 11.3 Å². The summed E-state index contributed by atoms with van der Waals surface area (Å²) >= 11 is 1.25. The summed E-state index contributed by atoms with van der Waals surface area (Å²) in [5.41, 5.74) is 2.13. The Morgan fingerprint density at radius 2 is 1.92 bits per heavy atom. The van der Waals surface area contributed by atoms with Crippen molar-refractivity contribution in [1.82, 2.24) is 4.57 Å². The van der Waals surface area contributed by atoms with E-state index in [1.54, 1.807) is 42.7 Å². The molecule has 0 fully saturated rings. The lowest BCUT2D eigenvalue weighted by Gasteiger charge is -2.24. The maximum Gasteiger partial charge on any atom is 0.338 e. The highest BCUT2D eigenvalue weighted by Crippen LogP contribution is 2.31. The van der Waals surface area contributed by atoms with Gasteiger partial charge in [-0.2, -0.15) is 5.26 Å². The predicted molar refractivity (Wildman–Crippen MR) is 136 cm³/mol. The van der Waals surface area contributed by atoms with Crippen LogP contribution in [0.5, 0.6) is 11.5 Å². The van der Waals surface area contributed by atoms with Gasteiger partial charge in [0.05, 0.1) is 35.1 Å². The quantitative estimate of drug-likeness (QED) is 0.438. The van der Waals surface area contributed by atoms with E-state index >= 15 is 0 Å². The van der Waals surface area contributed by atoms with Gasteiger partial charge in [0, 0.05) is 0 Å². The first-order valence-electron chi connectivity index (χ1n) is 11.5. The minimum Gasteiger partial charge on any atom is -0.490 e. The molecule has 184 valence electrons. The van der Waals surface area contributed by atoms with Crippen LogP contribution in [0, 0.1) is 11.3 Å². The number of thiazole rings is 1. The van der Waals surface area contributed by atoms with Gasteiger partial charge < -0.3 is 14.2 Å². The van der Waals surface area contributed by atoms with Gasteiger partial charge in [0.25, 0.3) is 5.56 Å². The molecule has 0 bridgehead atoms. The van der Waals surface area contributed by atoms with Crippen molar-refractivity contribution < 1.29 is 19.0 Å². The Morgan fingerprint density at radius 3 is 2.61 bits per heavy atom. The van der Waals surface area contributed by atoms with E-state index < -0.39 is 12.0 Å². The number of hydrogen-bond donors (Lipinski definition) is 0. The van der Waals surface area contributed by atoms with E-state index in [0.717, 1.165) is 11.1 Å². The summed E-state index contributed by atoms with van der Waals surface area (Å²) in [6.07, 6.45) is 1.76. The van der Waals surface area contributed by atoms with Crippen LogP contribution in [0.1, 0.15) is 37.9 Å². The van der Waals surface area contributed by atoms with Crippen LogP contribution in [0.3, 0.4) is 0 Å². The van der Waals surface area contributed by atoms with Gasteiger partial charge in [-0.15, -0.1) is 0 Å². The molecule has 2 aromatic carbocycles. The minimum absolute atomic E-state index is 0.0976. The van der Waals surface area contributed by atoms with Crippen molar-refractivity contribution in [2.75, 3.05) is 19.8 Å². The molecule has 1 atom stereocenters. The average Bonchev–Trinajstić information content (AvgIpc) is 3.17. The number of fused-ring (bicyclic) bond motifs is 1. The summed E-state index contributed by atoms with van der Waals surface area (Å²) in [5.74, 6) is 0.448. The number of nitriles is 1. The molecule has 2 heterocycles. The van der Waals surface area contributed by atoms with Gasteiger partial charge in [0.1, 0.15) is 6.07 Å². The fourth-order valence-electron chi connectivity index (χ4n) is 4.01. The number of allylic oxidation sites excluding steroid dienone is 1. The molecule has 4 rings (SSSR count). The second-order valence-electron chi connectivity index (χ2n) is 7.80. The van der Waals surface area contributed by atoms with Crippen molar-refractivity contribution in [2.45, 2.75) is 26.8 Å². The molecule has 0 saturated carbocycles. The third-order valence-corrected chi connectivity index (χ3v) is 6.47. The van der Waals surface area contributed by atoms with Gasteiger partial charge in [0.2, 0.25) is 0 Å². The second kappa shape index (κ2) is 11.1. The molecule has 0 aliphatic carbocycles. The maximum atomic E-state index is 13.7. The van der Waals surface area contributed by atoms with Crippen LogP contribution in [0.4, 0.5) is 0 Å². The number of carbonyl (C=O) groups excluding carboxylic acids is 1. The van der Waals surface area contributed by atoms with Crippen molar-refractivity contribution in [3.05, 3.63) is 90.6 Å². The first-order valence-corrected chi connectivity index (χ1v) is 12.3. The number of carbonyl (C=O) groups is 1. The van der Waals surface area contributed by atoms with Crippen molar-refractivity contribution in [3.8, 4) is 17.6 Å². The van der Waals surface area contributed by atoms with Crippen molar-refractivity contribution >= 4 is 23.4 Å². The van der Waals surface area contributed by atoms with E-state index in [0.29, 0.717) is 38.7 Å². The summed E-state index contributed by atoms with van der Waals surface area (Å²) in [6.45, 7) is 5.89. The van der Waals surface area contributed by atoms with E-state index in [1.807, 2.05) is 43.3 Å². The Labute approximate surface area is 212 Å². The van der Waals surface area contributed by atoms with Crippen molar-refractivity contribution in [1.29, 1.82) is 5.26 Å². The van der Waals surface area contributed by atoms with E-state index in [2.05, 4.69) is 4.99 Å². The molecule has 3 aromatic rings. The molecule has 1 aliphatic rings. The highest BCUT2D eigenvalue weighted by Gasteiger charge is 2.33. The van der Waals surface area contributed by atoms with Crippen LogP contribution in [0.25, 0.3) is 6.08 Å². The number of nitrogens with zero attached hydrogens (tertiary/aromatic N) is 3. The summed E-state index contributed by atoms with van der Waals surface area (Å²) < 4.78 is 18.4. The molecule has 1 aliphatic heterocycles. The van der Waals surface area contributed by atoms with E-state index in [-0.39, 0.29) is 18.8 Å². The zero-order valence-electron chi connectivity index (χ0n) is 20.2. The standard InChI is InChI=1S/C27H25N3O5S/c1-4-33-21-15-18(11-12-20(21)35-14-13-28)16-22-25(31)30-24(19-9-7-6-8-10-19)23(26(32)34-5-2)17(3)29-27(30)36-22/h6-12,15-16,24H,4-5,14H2,1-3H3/b22-16-/t24-/m0/s1. The van der Waals surface area contributed by atoms with Gasteiger partial charge >= 0.3 is 5.97 Å². The number of ether oxygens (including phenoxy) is 3. The Hall–Kier alpha value is -4.16. The molecular formula is C27H25N3O5S. The molecule has 9 heteroatoms. The third kappa shape index (κ3) is 4.95. The van der Waals surface area contributed by atoms with E-state index in [9.17, 15) is 9.59 Å². The largest absolute Gasteiger partial charge is 0.490 e. The van der Waals surface area contributed by atoms with Crippen molar-refractivity contribution in [2.24, 2.45) is 4.99 Å². The molecule has 0 saturated heterocycles. The first kappa shape index (κ1) is 24.9.